The Balaban J connectivity index is 1.39. The minimum absolute atomic E-state index is 0.256. The van der Waals surface area contributed by atoms with Crippen LogP contribution in [0.2, 0.25) is 0 Å². The van der Waals surface area contributed by atoms with Gasteiger partial charge in [0.05, 0.1) is 17.8 Å². The Hall–Kier alpha value is -2.74. The van der Waals surface area contributed by atoms with E-state index in [-0.39, 0.29) is 6.04 Å². The Bertz CT molecular complexity index is 1070. The average Bonchev–Trinajstić information content (AvgIpc) is 3.31. The summed E-state index contributed by atoms with van der Waals surface area (Å²) in [5, 5.41) is 9.66. The van der Waals surface area contributed by atoms with Crippen LogP contribution in [0.1, 0.15) is 42.2 Å². The lowest BCUT2D eigenvalue weighted by molar-refractivity contribution is 0.0432. The second kappa shape index (κ2) is 7.50. The summed E-state index contributed by atoms with van der Waals surface area (Å²) in [6, 6.07) is 6.32. The normalized spacial score (nSPS) is 23.0. The second-order valence-corrected chi connectivity index (χ2v) is 8.78. The number of carbonyl (C=O) groups is 1. The molecule has 2 aliphatic rings. The molecule has 0 bridgehead atoms. The van der Waals surface area contributed by atoms with Gasteiger partial charge in [0.1, 0.15) is 6.17 Å². The summed E-state index contributed by atoms with van der Waals surface area (Å²) >= 11 is 0. The summed E-state index contributed by atoms with van der Waals surface area (Å²) in [4.78, 5) is 14.3. The third-order valence-electron chi connectivity index (χ3n) is 6.57. The number of benzene rings is 1. The number of amides is 1. The van der Waals surface area contributed by atoms with Crippen LogP contribution < -0.4 is 5.73 Å². The third kappa shape index (κ3) is 3.49. The molecule has 0 spiro atoms. The van der Waals surface area contributed by atoms with Gasteiger partial charge < -0.3 is 5.73 Å². The number of rotatable bonds is 5. The number of nitrogens with two attached hydrogens (primary N) is 1. The standard InChI is InChI=1S/C22H27FN6O/c1-27-11-16(9-25-27)15-4-7-20-19(8-15)21(22(24)30)26-29(20)18-5-2-14(3-6-18)10-28-12-17(23)13-28/h4,7-9,11,14,17-18H,2-3,5-6,10,12-13H2,1H3,(H2,24,30). The van der Waals surface area contributed by atoms with Crippen LogP contribution in [-0.4, -0.2) is 56.2 Å². The van der Waals surface area contributed by atoms with E-state index in [4.69, 9.17) is 5.73 Å². The van der Waals surface area contributed by atoms with Crippen LogP contribution in [0, 0.1) is 5.92 Å². The number of nitrogens with zero attached hydrogens (tertiary/aromatic N) is 5. The summed E-state index contributed by atoms with van der Waals surface area (Å²) in [5.41, 5.74) is 8.91. The zero-order chi connectivity index (χ0) is 20.8. The number of hydrogen-bond acceptors (Lipinski definition) is 4. The number of alkyl halides is 1. The van der Waals surface area contributed by atoms with Crippen molar-refractivity contribution >= 4 is 16.8 Å². The van der Waals surface area contributed by atoms with Crippen molar-refractivity contribution in [3.05, 3.63) is 36.3 Å². The van der Waals surface area contributed by atoms with Crippen LogP contribution in [0.5, 0.6) is 0 Å². The molecule has 30 heavy (non-hydrogen) atoms. The van der Waals surface area contributed by atoms with E-state index < -0.39 is 12.1 Å². The molecule has 1 aliphatic carbocycles. The SMILES string of the molecule is Cn1cc(-c2ccc3c(c2)c(C(N)=O)nn3C2CCC(CN3CC(F)C3)CC2)cn1. The van der Waals surface area contributed by atoms with Crippen LogP contribution in [0.3, 0.4) is 0 Å². The molecule has 1 amide bonds. The second-order valence-electron chi connectivity index (χ2n) is 8.78. The number of primary amides is 1. The highest BCUT2D eigenvalue weighted by molar-refractivity contribution is 6.05. The van der Waals surface area contributed by atoms with Crippen LogP contribution in [0.15, 0.2) is 30.6 Å². The van der Waals surface area contributed by atoms with Gasteiger partial charge in [0, 0.05) is 43.8 Å². The molecule has 2 fully saturated rings. The Morgan fingerprint density at radius 3 is 2.60 bits per heavy atom. The maximum atomic E-state index is 13.1. The van der Waals surface area contributed by atoms with E-state index in [9.17, 15) is 9.18 Å². The van der Waals surface area contributed by atoms with Crippen molar-refractivity contribution in [2.24, 2.45) is 18.7 Å². The van der Waals surface area contributed by atoms with E-state index in [0.717, 1.165) is 54.3 Å². The molecule has 8 heteroatoms. The number of likely N-dealkylation sites (tertiary alicyclic amines) is 1. The molecular formula is C22H27FN6O. The largest absolute Gasteiger partial charge is 0.364 e. The van der Waals surface area contributed by atoms with Gasteiger partial charge in [-0.1, -0.05) is 6.07 Å². The molecule has 0 unspecified atom stereocenters. The maximum Gasteiger partial charge on any atom is 0.269 e. The van der Waals surface area contributed by atoms with E-state index in [1.807, 2.05) is 36.1 Å². The number of fused-ring (bicyclic) bond motifs is 1. The van der Waals surface area contributed by atoms with Gasteiger partial charge in [0.25, 0.3) is 5.91 Å². The quantitative estimate of drug-likeness (QED) is 0.701. The molecule has 0 atom stereocenters. The van der Waals surface area contributed by atoms with Crippen molar-refractivity contribution in [3.63, 3.8) is 0 Å². The molecule has 7 nitrogen and oxygen atoms in total. The molecule has 2 aromatic heterocycles. The molecule has 0 radical (unpaired) electrons. The first kappa shape index (κ1) is 19.2. The fourth-order valence-corrected chi connectivity index (χ4v) is 4.94. The fraction of sp³-hybridized carbons (Fsp3) is 0.500. The minimum Gasteiger partial charge on any atom is -0.364 e. The van der Waals surface area contributed by atoms with Gasteiger partial charge in [-0.25, -0.2) is 4.39 Å². The average molecular weight is 410 g/mol. The lowest BCUT2D eigenvalue weighted by Gasteiger charge is -2.39. The van der Waals surface area contributed by atoms with E-state index in [0.29, 0.717) is 24.7 Å². The Morgan fingerprint density at radius 1 is 1.20 bits per heavy atom. The Kier molecular flexibility index (Phi) is 4.81. The topological polar surface area (TPSA) is 82.0 Å². The molecule has 1 saturated carbocycles. The predicted octanol–water partition coefficient (Wildman–Crippen LogP) is 2.92. The molecule has 1 saturated heterocycles. The zero-order valence-electron chi connectivity index (χ0n) is 17.2. The van der Waals surface area contributed by atoms with Gasteiger partial charge in [-0.15, -0.1) is 0 Å². The van der Waals surface area contributed by atoms with Crippen LogP contribution in [0.25, 0.3) is 22.0 Å². The summed E-state index contributed by atoms with van der Waals surface area (Å²) in [5.74, 6) is 0.109. The molecule has 5 rings (SSSR count). The first-order valence-electron chi connectivity index (χ1n) is 10.7. The van der Waals surface area contributed by atoms with E-state index >= 15 is 0 Å². The molecule has 1 aromatic carbocycles. The van der Waals surface area contributed by atoms with Crippen molar-refractivity contribution in [1.82, 2.24) is 24.5 Å². The summed E-state index contributed by atoms with van der Waals surface area (Å²) in [7, 11) is 1.88. The van der Waals surface area contributed by atoms with E-state index in [1.165, 1.54) is 0 Å². The van der Waals surface area contributed by atoms with Gasteiger partial charge >= 0.3 is 0 Å². The lowest BCUT2D eigenvalue weighted by atomic mass is 9.85. The predicted molar refractivity (Wildman–Crippen MR) is 113 cm³/mol. The van der Waals surface area contributed by atoms with Gasteiger partial charge in [0.2, 0.25) is 0 Å². The summed E-state index contributed by atoms with van der Waals surface area (Å²) in [6.07, 6.45) is 7.33. The Labute approximate surface area is 174 Å². The number of aromatic nitrogens is 4. The summed E-state index contributed by atoms with van der Waals surface area (Å²) < 4.78 is 16.8. The van der Waals surface area contributed by atoms with Crippen LogP contribution >= 0.6 is 0 Å². The van der Waals surface area contributed by atoms with Crippen molar-refractivity contribution in [2.45, 2.75) is 37.9 Å². The first-order chi connectivity index (χ1) is 14.5. The summed E-state index contributed by atoms with van der Waals surface area (Å²) in [6.45, 7) is 2.17. The van der Waals surface area contributed by atoms with Gasteiger partial charge in [0.15, 0.2) is 5.69 Å². The molecule has 158 valence electrons. The smallest absolute Gasteiger partial charge is 0.269 e. The molecule has 3 heterocycles. The number of hydrogen-bond donors (Lipinski definition) is 1. The van der Waals surface area contributed by atoms with Gasteiger partial charge in [-0.3, -0.25) is 19.1 Å². The van der Waals surface area contributed by atoms with Crippen LogP contribution in [-0.2, 0) is 7.05 Å². The molecule has 1 aliphatic heterocycles. The van der Waals surface area contributed by atoms with Gasteiger partial charge in [-0.2, -0.15) is 10.2 Å². The van der Waals surface area contributed by atoms with E-state index in [1.54, 1.807) is 10.9 Å². The first-order valence-corrected chi connectivity index (χ1v) is 10.7. The van der Waals surface area contributed by atoms with Crippen molar-refractivity contribution < 1.29 is 9.18 Å². The minimum atomic E-state index is -0.638. The molecule has 3 aromatic rings. The highest BCUT2D eigenvalue weighted by Gasteiger charge is 2.31. The van der Waals surface area contributed by atoms with Crippen LogP contribution in [0.4, 0.5) is 4.39 Å². The number of carbonyl (C=O) groups excluding carboxylic acids is 1. The van der Waals surface area contributed by atoms with Gasteiger partial charge in [-0.05, 0) is 49.3 Å². The fourth-order valence-electron chi connectivity index (χ4n) is 4.94. The highest BCUT2D eigenvalue weighted by Crippen LogP contribution is 2.36. The molecular weight excluding hydrogens is 383 g/mol. The number of aryl methyl sites for hydroxylation is 1. The zero-order valence-corrected chi connectivity index (χ0v) is 17.2. The van der Waals surface area contributed by atoms with Crippen molar-refractivity contribution in [3.8, 4) is 11.1 Å². The monoisotopic (exact) mass is 410 g/mol. The highest BCUT2D eigenvalue weighted by atomic mass is 19.1. The lowest BCUT2D eigenvalue weighted by Crippen LogP contribution is -2.50. The van der Waals surface area contributed by atoms with Crippen molar-refractivity contribution in [2.75, 3.05) is 19.6 Å². The van der Waals surface area contributed by atoms with E-state index in [2.05, 4.69) is 15.1 Å². The maximum absolute atomic E-state index is 13.1. The number of halogens is 1. The van der Waals surface area contributed by atoms with Crippen molar-refractivity contribution in [1.29, 1.82) is 0 Å². The Morgan fingerprint density at radius 2 is 1.97 bits per heavy atom. The third-order valence-corrected chi connectivity index (χ3v) is 6.57. The molecule has 2 N–H and O–H groups in total.